The van der Waals surface area contributed by atoms with E-state index in [1.54, 1.807) is 0 Å². The van der Waals surface area contributed by atoms with Crippen LogP contribution in [-0.4, -0.2) is 22.4 Å². The summed E-state index contributed by atoms with van der Waals surface area (Å²) in [5.74, 6) is 0.303. The Morgan fingerprint density at radius 1 is 1.17 bits per heavy atom. The first-order chi connectivity index (χ1) is 5.39. The Labute approximate surface area is 73.6 Å². The van der Waals surface area contributed by atoms with Crippen molar-refractivity contribution in [3.63, 3.8) is 0 Å². The van der Waals surface area contributed by atoms with Gasteiger partial charge in [-0.2, -0.15) is 0 Å². The number of aliphatic hydroxyl groups is 2. The first kappa shape index (κ1) is 8.52. The fraction of sp³-hybridized carbons (Fsp3) is 1.00. The van der Waals surface area contributed by atoms with Crippen LogP contribution in [0.25, 0.3) is 0 Å². The molecule has 2 nitrogen and oxygen atoms in total. The van der Waals surface area contributed by atoms with E-state index in [1.807, 2.05) is 0 Å². The van der Waals surface area contributed by atoms with Crippen molar-refractivity contribution in [3.8, 4) is 0 Å². The zero-order valence-electron chi connectivity index (χ0n) is 8.04. The molecule has 2 heteroatoms. The topological polar surface area (TPSA) is 40.5 Å². The second-order valence-electron chi connectivity index (χ2n) is 5.27. The molecule has 0 aromatic rings. The normalized spacial score (nSPS) is 56.2. The summed E-state index contributed by atoms with van der Waals surface area (Å²) in [6.45, 7) is 6.45. The Bertz CT molecular complexity index is 212. The van der Waals surface area contributed by atoms with Crippen molar-refractivity contribution in [2.75, 3.05) is 0 Å². The molecule has 2 aliphatic rings. The Morgan fingerprint density at radius 2 is 1.75 bits per heavy atom. The summed E-state index contributed by atoms with van der Waals surface area (Å²) in [5.41, 5.74) is 0.0446. The van der Waals surface area contributed by atoms with Crippen LogP contribution in [-0.2, 0) is 0 Å². The van der Waals surface area contributed by atoms with Crippen molar-refractivity contribution in [1.29, 1.82) is 0 Å². The first-order valence-corrected chi connectivity index (χ1v) is 4.76. The van der Waals surface area contributed by atoms with E-state index in [2.05, 4.69) is 20.8 Å². The monoisotopic (exact) mass is 170 g/mol. The van der Waals surface area contributed by atoms with Gasteiger partial charge in [-0.15, -0.1) is 0 Å². The van der Waals surface area contributed by atoms with Gasteiger partial charge in [-0.3, -0.25) is 0 Å². The van der Waals surface area contributed by atoms with E-state index < -0.39 is 0 Å². The Balaban J connectivity index is 2.41. The summed E-state index contributed by atoms with van der Waals surface area (Å²) in [5, 5.41) is 19.5. The molecule has 0 aromatic heterocycles. The highest BCUT2D eigenvalue weighted by Gasteiger charge is 2.64. The molecular weight excluding hydrogens is 152 g/mol. The number of rotatable bonds is 0. The molecule has 2 saturated carbocycles. The molecule has 2 rings (SSSR count). The summed E-state index contributed by atoms with van der Waals surface area (Å²) in [7, 11) is 0. The third kappa shape index (κ3) is 0.686. The Kier molecular flexibility index (Phi) is 1.45. The smallest absolute Gasteiger partial charge is 0.0603 e. The van der Waals surface area contributed by atoms with E-state index in [9.17, 15) is 10.2 Å². The molecule has 4 atom stereocenters. The number of hydrogen-bond acceptors (Lipinski definition) is 2. The van der Waals surface area contributed by atoms with Gasteiger partial charge in [0.15, 0.2) is 0 Å². The maximum atomic E-state index is 9.82. The molecule has 2 aliphatic carbocycles. The molecule has 2 unspecified atom stereocenters. The molecule has 0 aromatic carbocycles. The maximum absolute atomic E-state index is 9.82. The Morgan fingerprint density at radius 3 is 2.00 bits per heavy atom. The van der Waals surface area contributed by atoms with Crippen molar-refractivity contribution < 1.29 is 10.2 Å². The van der Waals surface area contributed by atoms with E-state index in [4.69, 9.17) is 0 Å². The fourth-order valence-electron chi connectivity index (χ4n) is 3.26. The van der Waals surface area contributed by atoms with Crippen LogP contribution in [0.1, 0.15) is 33.6 Å². The lowest BCUT2D eigenvalue weighted by atomic mass is 9.70. The van der Waals surface area contributed by atoms with Gasteiger partial charge in [0.05, 0.1) is 12.2 Å². The molecule has 12 heavy (non-hydrogen) atoms. The van der Waals surface area contributed by atoms with Crippen LogP contribution in [0.4, 0.5) is 0 Å². The van der Waals surface area contributed by atoms with Gasteiger partial charge in [0.25, 0.3) is 0 Å². The van der Waals surface area contributed by atoms with Gasteiger partial charge in [0, 0.05) is 5.41 Å². The van der Waals surface area contributed by atoms with Crippen molar-refractivity contribution in [2.45, 2.75) is 45.8 Å². The number of fused-ring (bicyclic) bond motifs is 2. The van der Waals surface area contributed by atoms with Crippen LogP contribution in [0.2, 0.25) is 0 Å². The van der Waals surface area contributed by atoms with E-state index in [-0.39, 0.29) is 23.0 Å². The van der Waals surface area contributed by atoms with Crippen LogP contribution in [0, 0.1) is 16.7 Å². The fourth-order valence-corrected chi connectivity index (χ4v) is 3.26. The molecule has 0 radical (unpaired) electrons. The predicted octanol–water partition coefficient (Wildman–Crippen LogP) is 1.16. The molecule has 0 aliphatic heterocycles. The molecule has 0 amide bonds. The van der Waals surface area contributed by atoms with Gasteiger partial charge in [0.1, 0.15) is 0 Å². The minimum absolute atomic E-state index is 0.0584. The molecule has 70 valence electrons. The van der Waals surface area contributed by atoms with E-state index in [0.717, 1.165) is 12.8 Å². The molecule has 0 spiro atoms. The van der Waals surface area contributed by atoms with Crippen molar-refractivity contribution in [1.82, 2.24) is 0 Å². The highest BCUT2D eigenvalue weighted by Crippen LogP contribution is 2.65. The van der Waals surface area contributed by atoms with Crippen LogP contribution in [0.5, 0.6) is 0 Å². The zero-order valence-corrected chi connectivity index (χ0v) is 8.04. The lowest BCUT2D eigenvalue weighted by Gasteiger charge is -2.36. The van der Waals surface area contributed by atoms with Crippen LogP contribution in [0.3, 0.4) is 0 Å². The first-order valence-electron chi connectivity index (χ1n) is 4.76. The van der Waals surface area contributed by atoms with Gasteiger partial charge in [-0.1, -0.05) is 20.8 Å². The third-order valence-electron chi connectivity index (χ3n) is 4.71. The second kappa shape index (κ2) is 2.05. The lowest BCUT2D eigenvalue weighted by Crippen LogP contribution is -2.36. The largest absolute Gasteiger partial charge is 0.393 e. The number of hydrogen-bond donors (Lipinski definition) is 2. The SMILES string of the molecule is CC1(C)C2C[C@H](O)C1(C)C[C@H]2O. The summed E-state index contributed by atoms with van der Waals surface area (Å²) in [6, 6.07) is 0. The second-order valence-corrected chi connectivity index (χ2v) is 5.27. The molecule has 2 fully saturated rings. The summed E-state index contributed by atoms with van der Waals surface area (Å²) < 4.78 is 0. The maximum Gasteiger partial charge on any atom is 0.0603 e. The standard InChI is InChI=1S/C10H18O2/c1-9(2)6-4-8(12)10(9,3)5-7(6)11/h6-8,11-12H,4-5H2,1-3H3/t6?,7-,8+,10?/m1/s1. The zero-order chi connectivity index (χ0) is 9.15. The average molecular weight is 170 g/mol. The summed E-state index contributed by atoms with van der Waals surface area (Å²) >= 11 is 0. The molecule has 2 bridgehead atoms. The Hall–Kier alpha value is -0.0800. The van der Waals surface area contributed by atoms with Crippen molar-refractivity contribution in [3.05, 3.63) is 0 Å². The molecular formula is C10H18O2. The van der Waals surface area contributed by atoms with Gasteiger partial charge in [0.2, 0.25) is 0 Å². The van der Waals surface area contributed by atoms with Crippen LogP contribution in [0.15, 0.2) is 0 Å². The van der Waals surface area contributed by atoms with Gasteiger partial charge in [-0.05, 0) is 24.2 Å². The molecule has 0 heterocycles. The van der Waals surface area contributed by atoms with E-state index >= 15 is 0 Å². The highest BCUT2D eigenvalue weighted by molar-refractivity contribution is 5.13. The highest BCUT2D eigenvalue weighted by atomic mass is 16.3. The minimum Gasteiger partial charge on any atom is -0.393 e. The minimum atomic E-state index is -0.208. The van der Waals surface area contributed by atoms with Gasteiger partial charge >= 0.3 is 0 Å². The van der Waals surface area contributed by atoms with Gasteiger partial charge < -0.3 is 10.2 Å². The molecule has 2 N–H and O–H groups in total. The van der Waals surface area contributed by atoms with E-state index in [0.29, 0.717) is 5.92 Å². The number of aliphatic hydroxyl groups excluding tert-OH is 2. The third-order valence-corrected chi connectivity index (χ3v) is 4.71. The van der Waals surface area contributed by atoms with Crippen molar-refractivity contribution in [2.24, 2.45) is 16.7 Å². The van der Waals surface area contributed by atoms with E-state index in [1.165, 1.54) is 0 Å². The lowest BCUT2D eigenvalue weighted by molar-refractivity contribution is -0.00727. The summed E-state index contributed by atoms with van der Waals surface area (Å²) in [4.78, 5) is 0. The van der Waals surface area contributed by atoms with Gasteiger partial charge in [-0.25, -0.2) is 0 Å². The average Bonchev–Trinajstić information content (AvgIpc) is 2.18. The van der Waals surface area contributed by atoms with Crippen molar-refractivity contribution >= 4 is 0 Å². The van der Waals surface area contributed by atoms with Crippen LogP contribution >= 0.6 is 0 Å². The van der Waals surface area contributed by atoms with Crippen LogP contribution < -0.4 is 0 Å². The predicted molar refractivity (Wildman–Crippen MR) is 46.6 cm³/mol. The summed E-state index contributed by atoms with van der Waals surface area (Å²) in [6.07, 6.45) is 1.16. The quantitative estimate of drug-likeness (QED) is 0.573. The molecule has 0 saturated heterocycles.